The summed E-state index contributed by atoms with van der Waals surface area (Å²) in [7, 11) is 0. The van der Waals surface area contributed by atoms with Gasteiger partial charge in [0.05, 0.1) is 24.4 Å². The number of carbonyl (C=O) groups is 1. The molecule has 1 atom stereocenters. The van der Waals surface area contributed by atoms with E-state index in [0.717, 1.165) is 17.7 Å². The van der Waals surface area contributed by atoms with Gasteiger partial charge in [0, 0.05) is 36.7 Å². The number of rotatable bonds is 4. The van der Waals surface area contributed by atoms with E-state index < -0.39 is 5.60 Å². The van der Waals surface area contributed by atoms with Gasteiger partial charge in [-0.15, -0.1) is 11.3 Å². The summed E-state index contributed by atoms with van der Waals surface area (Å²) >= 11 is 1.43. The molecule has 0 aliphatic carbocycles. The maximum absolute atomic E-state index is 12.7. The molecule has 0 unspecified atom stereocenters. The van der Waals surface area contributed by atoms with Crippen molar-refractivity contribution < 1.29 is 9.53 Å². The van der Waals surface area contributed by atoms with E-state index in [9.17, 15) is 4.79 Å². The molecule has 2 aliphatic rings. The molecule has 8 heteroatoms. The SMILES string of the molecule is O=C(c1cscn1)N1CC[C@]2(C1)OCc1cnc(NCc3ccccc3)nc12. The summed E-state index contributed by atoms with van der Waals surface area (Å²) in [6.07, 6.45) is 2.56. The quantitative estimate of drug-likeness (QED) is 0.734. The third-order valence-electron chi connectivity index (χ3n) is 5.26. The second kappa shape index (κ2) is 6.96. The number of hydrogen-bond donors (Lipinski definition) is 1. The molecule has 7 nitrogen and oxygen atoms in total. The molecule has 2 aromatic heterocycles. The van der Waals surface area contributed by atoms with Gasteiger partial charge in [0.1, 0.15) is 11.3 Å². The van der Waals surface area contributed by atoms with Gasteiger partial charge in [-0.05, 0) is 5.56 Å². The summed E-state index contributed by atoms with van der Waals surface area (Å²) < 4.78 is 6.15. The summed E-state index contributed by atoms with van der Waals surface area (Å²) in [6, 6.07) is 10.1. The molecule has 1 spiro atoms. The Morgan fingerprint density at radius 1 is 1.29 bits per heavy atom. The third-order valence-corrected chi connectivity index (χ3v) is 5.85. The molecule has 28 heavy (non-hydrogen) atoms. The second-order valence-corrected chi connectivity index (χ2v) is 7.76. The Morgan fingerprint density at radius 3 is 3.00 bits per heavy atom. The number of carbonyl (C=O) groups excluding carboxylic acids is 1. The molecule has 1 fully saturated rings. The molecular weight excluding hydrogens is 374 g/mol. The number of nitrogens with zero attached hydrogens (tertiary/aromatic N) is 4. The van der Waals surface area contributed by atoms with Crippen molar-refractivity contribution >= 4 is 23.2 Å². The highest BCUT2D eigenvalue weighted by Crippen LogP contribution is 2.42. The van der Waals surface area contributed by atoms with Gasteiger partial charge in [-0.25, -0.2) is 15.0 Å². The number of amides is 1. The van der Waals surface area contributed by atoms with Crippen LogP contribution in [0.4, 0.5) is 5.95 Å². The Labute approximate surface area is 166 Å². The molecule has 3 aromatic rings. The highest BCUT2D eigenvalue weighted by Gasteiger charge is 2.48. The predicted molar refractivity (Wildman–Crippen MR) is 105 cm³/mol. The van der Waals surface area contributed by atoms with Crippen molar-refractivity contribution in [2.24, 2.45) is 0 Å². The zero-order valence-corrected chi connectivity index (χ0v) is 16.0. The average molecular weight is 393 g/mol. The molecule has 142 valence electrons. The van der Waals surface area contributed by atoms with Crippen LogP contribution in [-0.2, 0) is 23.5 Å². The molecule has 5 rings (SSSR count). The highest BCUT2D eigenvalue weighted by atomic mass is 32.1. The number of hydrogen-bond acceptors (Lipinski definition) is 7. The van der Waals surface area contributed by atoms with Crippen molar-refractivity contribution in [2.45, 2.75) is 25.2 Å². The van der Waals surface area contributed by atoms with Crippen LogP contribution in [0, 0.1) is 0 Å². The predicted octanol–water partition coefficient (Wildman–Crippen LogP) is 2.82. The zero-order valence-electron chi connectivity index (χ0n) is 15.2. The van der Waals surface area contributed by atoms with Crippen LogP contribution in [0.5, 0.6) is 0 Å². The fraction of sp³-hybridized carbons (Fsp3) is 0.300. The van der Waals surface area contributed by atoms with Gasteiger partial charge < -0.3 is 15.0 Å². The van der Waals surface area contributed by atoms with E-state index in [-0.39, 0.29) is 5.91 Å². The van der Waals surface area contributed by atoms with E-state index >= 15 is 0 Å². The lowest BCUT2D eigenvalue weighted by atomic mass is 9.98. The summed E-state index contributed by atoms with van der Waals surface area (Å²) in [5.41, 5.74) is 4.68. The van der Waals surface area contributed by atoms with Gasteiger partial charge >= 0.3 is 0 Å². The van der Waals surface area contributed by atoms with Crippen molar-refractivity contribution in [1.82, 2.24) is 19.9 Å². The lowest BCUT2D eigenvalue weighted by Gasteiger charge is -2.23. The Kier molecular flexibility index (Phi) is 4.29. The van der Waals surface area contributed by atoms with Crippen LogP contribution in [0.15, 0.2) is 47.4 Å². The Hall–Kier alpha value is -2.84. The van der Waals surface area contributed by atoms with Gasteiger partial charge in [0.15, 0.2) is 0 Å². The van der Waals surface area contributed by atoms with Crippen molar-refractivity contribution in [2.75, 3.05) is 18.4 Å². The molecule has 0 saturated carbocycles. The molecule has 0 bridgehead atoms. The van der Waals surface area contributed by atoms with Crippen molar-refractivity contribution in [3.8, 4) is 0 Å². The van der Waals surface area contributed by atoms with Crippen LogP contribution in [0.25, 0.3) is 0 Å². The number of likely N-dealkylation sites (tertiary alicyclic amines) is 1. The van der Waals surface area contributed by atoms with Crippen LogP contribution in [0.1, 0.15) is 33.7 Å². The molecule has 1 aromatic carbocycles. The molecule has 0 radical (unpaired) electrons. The zero-order chi connectivity index (χ0) is 19.0. The fourth-order valence-corrected chi connectivity index (χ4v) is 4.33. The Morgan fingerprint density at radius 2 is 2.18 bits per heavy atom. The number of thiazole rings is 1. The summed E-state index contributed by atoms with van der Waals surface area (Å²) in [4.78, 5) is 27.8. The first-order valence-electron chi connectivity index (χ1n) is 9.19. The van der Waals surface area contributed by atoms with Gasteiger partial charge in [-0.2, -0.15) is 0 Å². The maximum atomic E-state index is 12.7. The second-order valence-electron chi connectivity index (χ2n) is 7.04. The number of nitrogens with one attached hydrogen (secondary N) is 1. The van der Waals surface area contributed by atoms with E-state index in [1.165, 1.54) is 16.9 Å². The van der Waals surface area contributed by atoms with Gasteiger partial charge in [-0.3, -0.25) is 4.79 Å². The fourth-order valence-electron chi connectivity index (χ4n) is 3.80. The number of anilines is 1. The monoisotopic (exact) mass is 393 g/mol. The minimum Gasteiger partial charge on any atom is -0.362 e. The Balaban J connectivity index is 1.35. The average Bonchev–Trinajstić information content (AvgIpc) is 3.49. The van der Waals surface area contributed by atoms with E-state index in [1.54, 1.807) is 10.9 Å². The van der Waals surface area contributed by atoms with Crippen LogP contribution < -0.4 is 5.32 Å². The number of ether oxygens (including phenoxy) is 1. The molecule has 4 heterocycles. The maximum Gasteiger partial charge on any atom is 0.273 e. The normalized spacial score (nSPS) is 20.5. The smallest absolute Gasteiger partial charge is 0.273 e. The van der Waals surface area contributed by atoms with Gasteiger partial charge in [0.25, 0.3) is 5.91 Å². The van der Waals surface area contributed by atoms with E-state index in [0.29, 0.717) is 37.9 Å². The van der Waals surface area contributed by atoms with Crippen molar-refractivity contribution in [3.63, 3.8) is 0 Å². The topological polar surface area (TPSA) is 80.2 Å². The van der Waals surface area contributed by atoms with E-state index in [2.05, 4.69) is 27.4 Å². The van der Waals surface area contributed by atoms with Crippen molar-refractivity contribution in [3.05, 3.63) is 69.9 Å². The molecule has 1 N–H and O–H groups in total. The van der Waals surface area contributed by atoms with Gasteiger partial charge in [-0.1, -0.05) is 30.3 Å². The highest BCUT2D eigenvalue weighted by molar-refractivity contribution is 7.07. The van der Waals surface area contributed by atoms with Gasteiger partial charge in [0.2, 0.25) is 5.95 Å². The van der Waals surface area contributed by atoms with E-state index in [4.69, 9.17) is 9.72 Å². The van der Waals surface area contributed by atoms with Crippen LogP contribution in [-0.4, -0.2) is 38.8 Å². The van der Waals surface area contributed by atoms with Crippen LogP contribution >= 0.6 is 11.3 Å². The number of benzene rings is 1. The summed E-state index contributed by atoms with van der Waals surface area (Å²) in [5.74, 6) is 0.531. The molecule has 1 saturated heterocycles. The minimum absolute atomic E-state index is 0.0494. The standard InChI is InChI=1S/C20H19N5O2S/c26-18(16-11-28-13-23-16)25-7-6-20(12-25)17-15(10-27-20)9-22-19(24-17)21-8-14-4-2-1-3-5-14/h1-5,9,11,13H,6-8,10,12H2,(H,21,22,24)/t20-/m1/s1. The molecule has 2 aliphatic heterocycles. The Bertz CT molecular complexity index is 995. The minimum atomic E-state index is -0.548. The summed E-state index contributed by atoms with van der Waals surface area (Å²) in [6.45, 7) is 2.26. The summed E-state index contributed by atoms with van der Waals surface area (Å²) in [5, 5.41) is 5.07. The van der Waals surface area contributed by atoms with E-state index in [1.807, 2.05) is 29.3 Å². The number of aromatic nitrogens is 3. The first kappa shape index (κ1) is 17.3. The van der Waals surface area contributed by atoms with Crippen LogP contribution in [0.3, 0.4) is 0 Å². The number of fused-ring (bicyclic) bond motifs is 2. The lowest BCUT2D eigenvalue weighted by Crippen LogP contribution is -2.35. The third kappa shape index (κ3) is 3.04. The largest absolute Gasteiger partial charge is 0.362 e. The molecule has 1 amide bonds. The first-order valence-corrected chi connectivity index (χ1v) is 10.1. The van der Waals surface area contributed by atoms with Crippen molar-refractivity contribution in [1.29, 1.82) is 0 Å². The van der Waals surface area contributed by atoms with Crippen LogP contribution in [0.2, 0.25) is 0 Å². The lowest BCUT2D eigenvalue weighted by molar-refractivity contribution is -0.0304. The first-order chi connectivity index (χ1) is 13.7. The molecular formula is C20H19N5O2S.